The zero-order chi connectivity index (χ0) is 20.8. The monoisotopic (exact) mass is 436 g/mol. The lowest BCUT2D eigenvalue weighted by molar-refractivity contribution is -0.432. The molecule has 0 aliphatic rings. The van der Waals surface area contributed by atoms with E-state index in [1.165, 1.54) is 0 Å². The number of phenolic OH excluding ortho intramolecular Hbond substituents is 1. The van der Waals surface area contributed by atoms with Crippen LogP contribution >= 0.6 is 24.1 Å². The summed E-state index contributed by atoms with van der Waals surface area (Å²) < 4.78 is 9.00. The molecule has 3 N–H and O–H groups in total. The van der Waals surface area contributed by atoms with Gasteiger partial charge in [-0.1, -0.05) is 28.3 Å². The molecule has 0 heterocycles. The Morgan fingerprint density at radius 3 is 2.21 bits per heavy atom. The minimum absolute atomic E-state index is 0.0589. The van der Waals surface area contributed by atoms with Gasteiger partial charge < -0.3 is 5.11 Å². The van der Waals surface area contributed by atoms with Crippen LogP contribution in [0.5, 0.6) is 5.75 Å². The van der Waals surface area contributed by atoms with Gasteiger partial charge in [0.25, 0.3) is 0 Å². The number of hydrogen-bond acceptors (Lipinski definition) is 11. The first kappa shape index (κ1) is 21.5. The van der Waals surface area contributed by atoms with Gasteiger partial charge in [0.1, 0.15) is 11.4 Å². The molecular formula is C18H16N2O7S2. The lowest BCUT2D eigenvalue weighted by atomic mass is 10.0. The lowest BCUT2D eigenvalue weighted by Crippen LogP contribution is -1.87. The molecule has 152 valence electrons. The van der Waals surface area contributed by atoms with E-state index in [1.54, 1.807) is 43.3 Å². The van der Waals surface area contributed by atoms with Crippen LogP contribution in [0, 0.1) is 13.8 Å². The topological polar surface area (TPSA) is 122 Å². The summed E-state index contributed by atoms with van der Waals surface area (Å²) in [5.41, 5.74) is 2.52. The number of azo groups is 1. The molecule has 11 heteroatoms. The minimum atomic E-state index is 0.0589. The highest BCUT2D eigenvalue weighted by Crippen LogP contribution is 2.41. The second kappa shape index (κ2) is 10.0. The van der Waals surface area contributed by atoms with E-state index in [0.717, 1.165) is 29.6 Å². The van der Waals surface area contributed by atoms with Crippen molar-refractivity contribution in [1.82, 2.24) is 0 Å². The highest BCUT2D eigenvalue weighted by Gasteiger charge is 2.13. The Morgan fingerprint density at radius 1 is 0.793 bits per heavy atom. The average Bonchev–Trinajstić information content (AvgIpc) is 2.73. The van der Waals surface area contributed by atoms with Gasteiger partial charge >= 0.3 is 0 Å². The van der Waals surface area contributed by atoms with Gasteiger partial charge in [-0.05, 0) is 43.7 Å². The Morgan fingerprint density at radius 2 is 1.48 bits per heavy atom. The minimum Gasteiger partial charge on any atom is -0.507 e. The molecule has 0 aliphatic carbocycles. The number of phenols is 1. The largest absolute Gasteiger partial charge is 0.507 e. The first-order valence-electron chi connectivity index (χ1n) is 8.12. The van der Waals surface area contributed by atoms with Gasteiger partial charge in [0, 0.05) is 21.2 Å². The smallest absolute Gasteiger partial charge is 0.127 e. The maximum Gasteiger partial charge on any atom is 0.127 e. The normalized spacial score (nSPS) is 11.6. The molecule has 0 bridgehead atoms. The summed E-state index contributed by atoms with van der Waals surface area (Å²) in [6, 6.07) is 12.4. The van der Waals surface area contributed by atoms with Gasteiger partial charge in [-0.3, -0.25) is 0 Å². The molecule has 3 aromatic carbocycles. The predicted molar refractivity (Wildman–Crippen MR) is 107 cm³/mol. The van der Waals surface area contributed by atoms with Crippen LogP contribution in [-0.4, -0.2) is 15.6 Å². The first-order valence-corrected chi connectivity index (χ1v) is 9.60. The molecule has 0 saturated carbocycles. The molecule has 0 unspecified atom stereocenters. The van der Waals surface area contributed by atoms with Crippen LogP contribution in [0.2, 0.25) is 0 Å². The van der Waals surface area contributed by atoms with Crippen molar-refractivity contribution in [1.29, 1.82) is 0 Å². The maximum atomic E-state index is 10.5. The Hall–Kier alpha value is -2.22. The molecule has 0 radical (unpaired) electrons. The van der Waals surface area contributed by atoms with Gasteiger partial charge in [-0.15, -0.1) is 18.9 Å². The lowest BCUT2D eigenvalue weighted by Gasteiger charge is -2.10. The second-order valence-corrected chi connectivity index (χ2v) is 7.33. The van der Waals surface area contributed by atoms with E-state index < -0.39 is 0 Å². The summed E-state index contributed by atoms with van der Waals surface area (Å²) >= 11 is 1.54. The summed E-state index contributed by atoms with van der Waals surface area (Å²) in [6.45, 7) is 3.61. The number of aromatic hydroxyl groups is 1. The van der Waals surface area contributed by atoms with Crippen molar-refractivity contribution in [3.63, 3.8) is 0 Å². The number of aryl methyl sites for hydroxylation is 1. The van der Waals surface area contributed by atoms with Gasteiger partial charge in [0.15, 0.2) is 0 Å². The average molecular weight is 436 g/mol. The predicted octanol–water partition coefficient (Wildman–Crippen LogP) is 6.43. The molecular weight excluding hydrogens is 420 g/mol. The van der Waals surface area contributed by atoms with E-state index in [2.05, 4.69) is 29.0 Å². The summed E-state index contributed by atoms with van der Waals surface area (Å²) in [5.74, 6) is 0.0589. The third-order valence-electron chi connectivity index (χ3n) is 4.03. The van der Waals surface area contributed by atoms with Crippen LogP contribution in [0.4, 0.5) is 11.4 Å². The van der Waals surface area contributed by atoms with E-state index in [1.807, 2.05) is 13.0 Å². The van der Waals surface area contributed by atoms with Crippen LogP contribution < -0.4 is 0 Å². The highest BCUT2D eigenvalue weighted by molar-refractivity contribution is 7.94. The third-order valence-corrected chi connectivity index (χ3v) is 5.40. The molecule has 0 aliphatic heterocycles. The molecule has 9 nitrogen and oxygen atoms in total. The van der Waals surface area contributed by atoms with Crippen molar-refractivity contribution in [2.45, 2.75) is 23.6 Å². The Labute approximate surface area is 174 Å². The summed E-state index contributed by atoms with van der Waals surface area (Å²) in [7, 11) is 0. The molecule has 0 saturated heterocycles. The van der Waals surface area contributed by atoms with Crippen LogP contribution in [0.1, 0.15) is 11.1 Å². The highest BCUT2D eigenvalue weighted by atomic mass is 32.2. The number of hydrogen-bond donors (Lipinski definition) is 3. The SMILES string of the molecule is Cc1ccc(N=Nc2cccc3c(O)c(C)c(SOOO)cc23)c(SOOO)c1. The molecule has 0 aromatic heterocycles. The maximum absolute atomic E-state index is 10.5. The van der Waals surface area contributed by atoms with Crippen LogP contribution in [-0.2, 0) is 18.7 Å². The van der Waals surface area contributed by atoms with Crippen molar-refractivity contribution in [3.8, 4) is 5.75 Å². The Balaban J connectivity index is 2.03. The molecule has 3 rings (SSSR count). The third kappa shape index (κ3) is 5.04. The number of fused-ring (bicyclic) bond motifs is 1. The van der Waals surface area contributed by atoms with Gasteiger partial charge in [0.2, 0.25) is 0 Å². The van der Waals surface area contributed by atoms with Gasteiger partial charge in [-0.2, -0.15) is 0 Å². The Bertz CT molecular complexity index is 1050. The molecule has 0 spiro atoms. The molecule has 3 aromatic rings. The quantitative estimate of drug-likeness (QED) is 0.158. The van der Waals surface area contributed by atoms with Crippen molar-refractivity contribution < 1.29 is 34.4 Å². The Kier molecular flexibility index (Phi) is 7.41. The second-order valence-electron chi connectivity index (χ2n) is 5.84. The van der Waals surface area contributed by atoms with Crippen molar-refractivity contribution in [3.05, 3.63) is 53.6 Å². The first-order chi connectivity index (χ1) is 14.0. The van der Waals surface area contributed by atoms with Crippen molar-refractivity contribution >= 4 is 46.2 Å². The number of rotatable bonds is 8. The fraction of sp³-hybridized carbons (Fsp3) is 0.111. The summed E-state index contributed by atoms with van der Waals surface area (Å²) in [4.78, 5) is 1.12. The van der Waals surface area contributed by atoms with E-state index in [9.17, 15) is 5.11 Å². The summed E-state index contributed by atoms with van der Waals surface area (Å²) in [5, 5.41) is 44.4. The van der Waals surface area contributed by atoms with Crippen molar-refractivity contribution in [2.24, 2.45) is 10.2 Å². The fourth-order valence-corrected chi connectivity index (χ4v) is 3.65. The fourth-order valence-electron chi connectivity index (χ4n) is 2.63. The van der Waals surface area contributed by atoms with Crippen molar-refractivity contribution in [2.75, 3.05) is 0 Å². The van der Waals surface area contributed by atoms with E-state index in [4.69, 9.17) is 10.5 Å². The van der Waals surface area contributed by atoms with Crippen LogP contribution in [0.3, 0.4) is 0 Å². The molecule has 0 amide bonds. The van der Waals surface area contributed by atoms with Gasteiger partial charge in [-0.25, -0.2) is 10.5 Å². The summed E-state index contributed by atoms with van der Waals surface area (Å²) in [6.07, 6.45) is 0. The molecule has 0 fully saturated rings. The van der Waals surface area contributed by atoms with E-state index in [0.29, 0.717) is 37.5 Å². The molecule has 29 heavy (non-hydrogen) atoms. The zero-order valence-electron chi connectivity index (χ0n) is 15.2. The van der Waals surface area contributed by atoms with Crippen LogP contribution in [0.25, 0.3) is 10.8 Å². The van der Waals surface area contributed by atoms with E-state index >= 15 is 0 Å². The van der Waals surface area contributed by atoms with E-state index in [-0.39, 0.29) is 5.75 Å². The van der Waals surface area contributed by atoms with Gasteiger partial charge in [0.05, 0.1) is 34.7 Å². The zero-order valence-corrected chi connectivity index (χ0v) is 16.9. The number of benzene rings is 3. The molecule has 0 atom stereocenters. The van der Waals surface area contributed by atoms with Crippen LogP contribution in [0.15, 0.2) is 62.5 Å². The number of nitrogens with zero attached hydrogens (tertiary/aromatic N) is 2. The standard InChI is InChI=1S/C18H16N2O7S2/c1-10-6-7-15(17(8-10)29-27-25-23)20-19-14-5-3-4-12-13(14)9-16(28-26-24-22)11(2)18(12)21/h3-9,21-23H,1-2H3.